The third-order valence-corrected chi connectivity index (χ3v) is 5.62. The van der Waals surface area contributed by atoms with Crippen LogP contribution < -0.4 is 19.7 Å². The number of para-hydroxylation sites is 2. The van der Waals surface area contributed by atoms with Crippen LogP contribution in [-0.4, -0.2) is 29.9 Å². The van der Waals surface area contributed by atoms with Crippen LogP contribution in [0, 0.1) is 0 Å². The van der Waals surface area contributed by atoms with E-state index >= 15 is 0 Å². The average Bonchev–Trinajstić information content (AvgIpc) is 3.39. The molecule has 7 nitrogen and oxygen atoms in total. The van der Waals surface area contributed by atoms with Crippen molar-refractivity contribution in [2.45, 2.75) is 26.2 Å². The molecule has 8 heteroatoms. The van der Waals surface area contributed by atoms with Gasteiger partial charge in [-0.1, -0.05) is 12.1 Å². The van der Waals surface area contributed by atoms with Gasteiger partial charge in [0.05, 0.1) is 24.4 Å². The number of hydrogen-bond acceptors (Lipinski definition) is 6. The van der Waals surface area contributed by atoms with Gasteiger partial charge in [-0.15, -0.1) is 11.3 Å². The maximum atomic E-state index is 12.6. The van der Waals surface area contributed by atoms with Crippen molar-refractivity contribution in [1.29, 1.82) is 0 Å². The summed E-state index contributed by atoms with van der Waals surface area (Å²) in [5.41, 5.74) is 1.22. The predicted molar refractivity (Wildman–Crippen MR) is 120 cm³/mol. The van der Waals surface area contributed by atoms with Crippen molar-refractivity contribution < 1.29 is 19.1 Å². The second kappa shape index (κ2) is 9.61. The van der Waals surface area contributed by atoms with Gasteiger partial charge >= 0.3 is 0 Å². The standard InChI is InChI=1S/C23H23N3O4S/c1-2-29-17-9-11-18(12-10-17)30-20-7-4-3-6-19(20)25-21(27)14-16-15-31-23(24-16)26-13-5-8-22(26)28/h3-4,6-7,9-12,15H,2,5,8,13-14H2,1H3,(H,25,27). The van der Waals surface area contributed by atoms with Gasteiger partial charge in [0.15, 0.2) is 10.9 Å². The Labute approximate surface area is 184 Å². The van der Waals surface area contributed by atoms with Crippen molar-refractivity contribution in [3.05, 3.63) is 59.6 Å². The fourth-order valence-corrected chi connectivity index (χ4v) is 4.13. The van der Waals surface area contributed by atoms with Gasteiger partial charge in [0, 0.05) is 18.3 Å². The summed E-state index contributed by atoms with van der Waals surface area (Å²) in [4.78, 5) is 30.6. The van der Waals surface area contributed by atoms with Gasteiger partial charge in [-0.3, -0.25) is 14.5 Å². The third-order valence-electron chi connectivity index (χ3n) is 4.71. The molecule has 0 atom stereocenters. The molecule has 0 radical (unpaired) electrons. The number of carbonyl (C=O) groups excluding carboxylic acids is 2. The molecule has 0 bridgehead atoms. The highest BCUT2D eigenvalue weighted by Crippen LogP contribution is 2.31. The average molecular weight is 438 g/mol. The summed E-state index contributed by atoms with van der Waals surface area (Å²) in [6.07, 6.45) is 1.52. The first kappa shape index (κ1) is 20.9. The summed E-state index contributed by atoms with van der Waals surface area (Å²) in [5.74, 6) is 1.85. The predicted octanol–water partition coefficient (Wildman–Crippen LogP) is 4.64. The van der Waals surface area contributed by atoms with Gasteiger partial charge in [-0.05, 0) is 49.7 Å². The molecule has 3 aromatic rings. The number of aromatic nitrogens is 1. The largest absolute Gasteiger partial charge is 0.494 e. The lowest BCUT2D eigenvalue weighted by Crippen LogP contribution is -2.23. The van der Waals surface area contributed by atoms with E-state index in [-0.39, 0.29) is 18.2 Å². The molecule has 1 fully saturated rings. The lowest BCUT2D eigenvalue weighted by Gasteiger charge is -2.12. The molecule has 2 heterocycles. The van der Waals surface area contributed by atoms with Crippen molar-refractivity contribution >= 4 is 34.0 Å². The van der Waals surface area contributed by atoms with E-state index in [4.69, 9.17) is 9.47 Å². The number of carbonyl (C=O) groups is 2. The van der Waals surface area contributed by atoms with Gasteiger partial charge in [-0.25, -0.2) is 4.98 Å². The first-order valence-corrected chi connectivity index (χ1v) is 11.0. The minimum absolute atomic E-state index is 0.0886. The SMILES string of the molecule is CCOc1ccc(Oc2ccccc2NC(=O)Cc2csc(N3CCCC3=O)n2)cc1. The van der Waals surface area contributed by atoms with Crippen LogP contribution in [0.15, 0.2) is 53.9 Å². The van der Waals surface area contributed by atoms with Crippen LogP contribution in [0.25, 0.3) is 0 Å². The molecule has 31 heavy (non-hydrogen) atoms. The Morgan fingerprint density at radius 2 is 1.94 bits per heavy atom. The number of benzene rings is 2. The van der Waals surface area contributed by atoms with Crippen LogP contribution in [0.2, 0.25) is 0 Å². The van der Waals surface area contributed by atoms with Crippen LogP contribution in [0.1, 0.15) is 25.5 Å². The molecule has 2 aromatic carbocycles. The Hall–Kier alpha value is -3.39. The van der Waals surface area contributed by atoms with Crippen LogP contribution in [0.4, 0.5) is 10.8 Å². The molecule has 4 rings (SSSR count). The Morgan fingerprint density at radius 1 is 1.16 bits per heavy atom. The van der Waals surface area contributed by atoms with E-state index in [1.165, 1.54) is 11.3 Å². The molecule has 2 amide bonds. The number of nitrogens with one attached hydrogen (secondary N) is 1. The molecular weight excluding hydrogens is 414 g/mol. The molecule has 1 aliphatic rings. The zero-order valence-electron chi connectivity index (χ0n) is 17.2. The minimum atomic E-state index is -0.202. The van der Waals surface area contributed by atoms with Crippen molar-refractivity contribution in [3.63, 3.8) is 0 Å². The highest BCUT2D eigenvalue weighted by Gasteiger charge is 2.24. The second-order valence-corrected chi connectivity index (χ2v) is 7.83. The van der Waals surface area contributed by atoms with Crippen molar-refractivity contribution in [2.75, 3.05) is 23.4 Å². The van der Waals surface area contributed by atoms with E-state index in [2.05, 4.69) is 10.3 Å². The van der Waals surface area contributed by atoms with Crippen LogP contribution in [-0.2, 0) is 16.0 Å². The summed E-state index contributed by atoms with van der Waals surface area (Å²) < 4.78 is 11.4. The lowest BCUT2D eigenvalue weighted by molar-refractivity contribution is -0.117. The summed E-state index contributed by atoms with van der Waals surface area (Å²) in [5, 5.41) is 5.37. The minimum Gasteiger partial charge on any atom is -0.494 e. The zero-order chi connectivity index (χ0) is 21.6. The molecule has 0 unspecified atom stereocenters. The Morgan fingerprint density at radius 3 is 2.68 bits per heavy atom. The van der Waals surface area contributed by atoms with Gasteiger partial charge in [0.2, 0.25) is 11.8 Å². The summed E-state index contributed by atoms with van der Waals surface area (Å²) >= 11 is 1.39. The van der Waals surface area contributed by atoms with Gasteiger partial charge in [-0.2, -0.15) is 0 Å². The van der Waals surface area contributed by atoms with Crippen LogP contribution in [0.3, 0.4) is 0 Å². The number of amides is 2. The number of thiazole rings is 1. The Kier molecular flexibility index (Phi) is 6.47. The van der Waals surface area contributed by atoms with Crippen molar-refractivity contribution in [1.82, 2.24) is 4.98 Å². The molecular formula is C23H23N3O4S. The summed E-state index contributed by atoms with van der Waals surface area (Å²) in [6, 6.07) is 14.6. The quantitative estimate of drug-likeness (QED) is 0.555. The Bertz CT molecular complexity index is 1060. The van der Waals surface area contributed by atoms with Gasteiger partial charge in [0.25, 0.3) is 0 Å². The number of nitrogens with zero attached hydrogens (tertiary/aromatic N) is 2. The highest BCUT2D eigenvalue weighted by atomic mass is 32.1. The monoisotopic (exact) mass is 437 g/mol. The first-order chi connectivity index (χ1) is 15.1. The van der Waals surface area contributed by atoms with Crippen LogP contribution in [0.5, 0.6) is 17.2 Å². The van der Waals surface area contributed by atoms with E-state index in [0.717, 1.165) is 12.2 Å². The van der Waals surface area contributed by atoms with E-state index in [1.807, 2.05) is 48.7 Å². The topological polar surface area (TPSA) is 80.8 Å². The second-order valence-electron chi connectivity index (χ2n) is 7.00. The molecule has 1 saturated heterocycles. The van der Waals surface area contributed by atoms with Crippen molar-refractivity contribution in [2.24, 2.45) is 0 Å². The highest BCUT2D eigenvalue weighted by molar-refractivity contribution is 7.14. The summed E-state index contributed by atoms with van der Waals surface area (Å²) in [7, 11) is 0. The Balaban J connectivity index is 1.40. The summed E-state index contributed by atoms with van der Waals surface area (Å²) in [6.45, 7) is 3.22. The zero-order valence-corrected chi connectivity index (χ0v) is 18.0. The van der Waals surface area contributed by atoms with E-state index < -0.39 is 0 Å². The van der Waals surface area contributed by atoms with Crippen molar-refractivity contribution in [3.8, 4) is 17.2 Å². The van der Waals surface area contributed by atoms with Gasteiger partial charge in [0.1, 0.15) is 11.5 Å². The van der Waals surface area contributed by atoms with E-state index in [9.17, 15) is 9.59 Å². The maximum absolute atomic E-state index is 12.6. The number of anilines is 2. The number of hydrogen-bond donors (Lipinski definition) is 1. The van der Waals surface area contributed by atoms with Crippen LogP contribution >= 0.6 is 11.3 Å². The van der Waals surface area contributed by atoms with E-state index in [0.29, 0.717) is 47.6 Å². The molecule has 0 aliphatic carbocycles. The fourth-order valence-electron chi connectivity index (χ4n) is 3.27. The normalized spacial score (nSPS) is 13.3. The molecule has 0 saturated carbocycles. The number of rotatable bonds is 8. The molecule has 1 N–H and O–H groups in total. The molecule has 1 aliphatic heterocycles. The third kappa shape index (κ3) is 5.21. The lowest BCUT2D eigenvalue weighted by atomic mass is 10.2. The molecule has 160 valence electrons. The molecule has 0 spiro atoms. The van der Waals surface area contributed by atoms with E-state index in [1.54, 1.807) is 17.0 Å². The first-order valence-electron chi connectivity index (χ1n) is 10.2. The smallest absolute Gasteiger partial charge is 0.230 e. The van der Waals surface area contributed by atoms with Gasteiger partial charge < -0.3 is 14.8 Å². The number of ether oxygens (including phenoxy) is 2. The maximum Gasteiger partial charge on any atom is 0.230 e. The molecule has 1 aromatic heterocycles. The fraction of sp³-hybridized carbons (Fsp3) is 0.261.